The summed E-state index contributed by atoms with van der Waals surface area (Å²) in [5, 5.41) is 10.9. The number of hydrogen-bond donors (Lipinski definition) is 1. The number of pyridine rings is 1. The van der Waals surface area contributed by atoms with E-state index in [0.717, 1.165) is 33.3 Å². The molecule has 0 aliphatic rings. The molecule has 5 aromatic rings. The summed E-state index contributed by atoms with van der Waals surface area (Å²) in [6.45, 7) is 4.37. The maximum atomic E-state index is 12.7. The quantitative estimate of drug-likeness (QED) is 0.276. The molecule has 2 aromatic heterocycles. The van der Waals surface area contributed by atoms with Crippen molar-refractivity contribution in [3.05, 3.63) is 84.1 Å². The van der Waals surface area contributed by atoms with Gasteiger partial charge in [-0.1, -0.05) is 42.5 Å². The molecule has 0 atom stereocenters. The lowest BCUT2D eigenvalue weighted by atomic mass is 10.1. The Hall–Kier alpha value is -4.39. The third-order valence-corrected chi connectivity index (χ3v) is 6.07. The minimum Gasteiger partial charge on any atom is -0.494 e. The maximum absolute atomic E-state index is 12.7. The Morgan fingerprint density at radius 3 is 2.64 bits per heavy atom. The lowest BCUT2D eigenvalue weighted by Crippen LogP contribution is -2.16. The number of fused-ring (bicyclic) bond motifs is 2. The molecule has 36 heavy (non-hydrogen) atoms. The third kappa shape index (κ3) is 4.86. The molecule has 0 saturated carbocycles. The zero-order valence-electron chi connectivity index (χ0n) is 20.6. The number of aryl methyl sites for hydroxylation is 2. The van der Waals surface area contributed by atoms with E-state index in [0.29, 0.717) is 36.8 Å². The summed E-state index contributed by atoms with van der Waals surface area (Å²) in [6, 6.07) is 23.8. The number of methoxy groups -OCH3 is 1. The molecule has 7 heteroatoms. The molecule has 3 aromatic carbocycles. The summed E-state index contributed by atoms with van der Waals surface area (Å²) < 4.78 is 13.0. The van der Waals surface area contributed by atoms with Crippen LogP contribution in [0.4, 0.5) is 5.82 Å². The summed E-state index contributed by atoms with van der Waals surface area (Å²) in [5.74, 6) is 2.59. The average molecular weight is 481 g/mol. The summed E-state index contributed by atoms with van der Waals surface area (Å²) in [6.07, 6.45) is 0.923. The highest BCUT2D eigenvalue weighted by atomic mass is 16.5. The Labute approximate surface area is 209 Å². The molecule has 1 amide bonds. The van der Waals surface area contributed by atoms with Crippen LogP contribution in [0.1, 0.15) is 24.1 Å². The third-order valence-electron chi connectivity index (χ3n) is 6.07. The van der Waals surface area contributed by atoms with E-state index in [9.17, 15) is 4.79 Å². The highest BCUT2D eigenvalue weighted by Gasteiger charge is 2.15. The van der Waals surface area contributed by atoms with Gasteiger partial charge in [-0.05, 0) is 60.9 Å². The number of nitrogens with one attached hydrogen (secondary N) is 1. The molecule has 0 fully saturated rings. The average Bonchev–Trinajstić information content (AvgIpc) is 3.25. The minimum absolute atomic E-state index is 0.103. The molecule has 0 aliphatic heterocycles. The molecule has 0 radical (unpaired) electrons. The van der Waals surface area contributed by atoms with Crippen LogP contribution in [-0.4, -0.2) is 34.4 Å². The van der Waals surface area contributed by atoms with Gasteiger partial charge in [0.05, 0.1) is 19.4 Å². The van der Waals surface area contributed by atoms with Gasteiger partial charge in [-0.2, -0.15) is 9.78 Å². The predicted molar refractivity (Wildman–Crippen MR) is 142 cm³/mol. The molecule has 2 heterocycles. The van der Waals surface area contributed by atoms with Crippen molar-refractivity contribution in [3.63, 3.8) is 0 Å². The number of nitrogens with zero attached hydrogens (tertiary/aromatic N) is 3. The molecule has 0 saturated heterocycles. The molecular formula is C29H28N4O3. The van der Waals surface area contributed by atoms with Gasteiger partial charge in [0, 0.05) is 17.9 Å². The topological polar surface area (TPSA) is 78.3 Å². The highest BCUT2D eigenvalue weighted by Crippen LogP contribution is 2.28. The highest BCUT2D eigenvalue weighted by molar-refractivity contribution is 5.91. The Kier molecular flexibility index (Phi) is 6.54. The smallest absolute Gasteiger partial charge is 0.225 e. The van der Waals surface area contributed by atoms with E-state index in [2.05, 4.69) is 22.5 Å². The van der Waals surface area contributed by atoms with Gasteiger partial charge < -0.3 is 14.8 Å². The summed E-state index contributed by atoms with van der Waals surface area (Å²) >= 11 is 0. The maximum Gasteiger partial charge on any atom is 0.225 e. The van der Waals surface area contributed by atoms with Crippen molar-refractivity contribution in [2.45, 2.75) is 26.7 Å². The zero-order valence-corrected chi connectivity index (χ0v) is 20.6. The van der Waals surface area contributed by atoms with Crippen LogP contribution < -0.4 is 14.8 Å². The molecule has 0 bridgehead atoms. The van der Waals surface area contributed by atoms with Crippen LogP contribution in [0.3, 0.4) is 0 Å². The first-order valence-electron chi connectivity index (χ1n) is 11.9. The number of anilines is 1. The summed E-state index contributed by atoms with van der Waals surface area (Å²) in [7, 11) is 1.63. The fraction of sp³-hybridized carbons (Fsp3) is 0.207. The van der Waals surface area contributed by atoms with Crippen LogP contribution >= 0.6 is 0 Å². The fourth-order valence-corrected chi connectivity index (χ4v) is 4.30. The Morgan fingerprint density at radius 2 is 1.81 bits per heavy atom. The standard InChI is InChI=1S/C29H28N4O3/c1-19-16-26(31-29-24(19)10-6-11-25(29)35-3)33-27(17-20(2)32-33)30-28(34)12-7-15-36-23-14-13-21-8-4-5-9-22(21)18-23/h4-6,8-11,13-14,16-18H,7,12,15H2,1-3H3,(H,30,34). The van der Waals surface area contributed by atoms with Gasteiger partial charge in [0.2, 0.25) is 5.91 Å². The second-order valence-electron chi connectivity index (χ2n) is 8.75. The molecule has 182 valence electrons. The number of hydrogen-bond acceptors (Lipinski definition) is 5. The Bertz CT molecular complexity index is 1560. The number of carbonyl (C=O) groups is 1. The minimum atomic E-state index is -0.103. The number of ether oxygens (including phenoxy) is 2. The van der Waals surface area contributed by atoms with Crippen LogP contribution in [0.15, 0.2) is 72.8 Å². The van der Waals surface area contributed by atoms with Crippen molar-refractivity contribution in [2.24, 2.45) is 0 Å². The zero-order chi connectivity index (χ0) is 25.1. The number of benzene rings is 3. The van der Waals surface area contributed by atoms with Gasteiger partial charge in [0.25, 0.3) is 0 Å². The normalized spacial score (nSPS) is 11.1. The van der Waals surface area contributed by atoms with E-state index in [1.807, 2.05) is 74.5 Å². The SMILES string of the molecule is COc1cccc2c(C)cc(-n3nc(C)cc3NC(=O)CCCOc3ccc4ccccc4c3)nc12. The first-order chi connectivity index (χ1) is 17.5. The molecular weight excluding hydrogens is 452 g/mol. The van der Waals surface area contributed by atoms with E-state index >= 15 is 0 Å². The van der Waals surface area contributed by atoms with Gasteiger partial charge in [-0.15, -0.1) is 0 Å². The van der Waals surface area contributed by atoms with Crippen molar-refractivity contribution >= 4 is 33.4 Å². The first-order valence-corrected chi connectivity index (χ1v) is 11.9. The molecule has 0 unspecified atom stereocenters. The van der Waals surface area contributed by atoms with Crippen molar-refractivity contribution in [1.29, 1.82) is 0 Å². The molecule has 0 spiro atoms. The van der Waals surface area contributed by atoms with Crippen LogP contribution in [0.2, 0.25) is 0 Å². The summed E-state index contributed by atoms with van der Waals surface area (Å²) in [4.78, 5) is 17.5. The van der Waals surface area contributed by atoms with Gasteiger partial charge in [0.15, 0.2) is 5.82 Å². The molecule has 7 nitrogen and oxygen atoms in total. The number of carbonyl (C=O) groups excluding carboxylic acids is 1. The number of aromatic nitrogens is 3. The van der Waals surface area contributed by atoms with Gasteiger partial charge >= 0.3 is 0 Å². The van der Waals surface area contributed by atoms with Crippen molar-refractivity contribution in [3.8, 4) is 17.3 Å². The first kappa shape index (κ1) is 23.4. The Morgan fingerprint density at radius 1 is 0.972 bits per heavy atom. The van der Waals surface area contributed by atoms with E-state index in [4.69, 9.17) is 14.5 Å². The van der Waals surface area contributed by atoms with Crippen molar-refractivity contribution < 1.29 is 14.3 Å². The second-order valence-corrected chi connectivity index (χ2v) is 8.75. The predicted octanol–water partition coefficient (Wildman–Crippen LogP) is 6.00. The monoisotopic (exact) mass is 480 g/mol. The van der Waals surface area contributed by atoms with Crippen molar-refractivity contribution in [2.75, 3.05) is 19.0 Å². The lowest BCUT2D eigenvalue weighted by Gasteiger charge is -2.12. The van der Waals surface area contributed by atoms with Crippen LogP contribution in [-0.2, 0) is 4.79 Å². The van der Waals surface area contributed by atoms with Crippen LogP contribution in [0.5, 0.6) is 11.5 Å². The van der Waals surface area contributed by atoms with E-state index in [1.165, 1.54) is 5.39 Å². The largest absolute Gasteiger partial charge is 0.494 e. The van der Waals surface area contributed by atoms with Gasteiger partial charge in [0.1, 0.15) is 22.8 Å². The number of amides is 1. The number of para-hydroxylation sites is 1. The second kappa shape index (κ2) is 10.1. The fourth-order valence-electron chi connectivity index (χ4n) is 4.30. The van der Waals surface area contributed by atoms with Crippen LogP contribution in [0.25, 0.3) is 27.5 Å². The lowest BCUT2D eigenvalue weighted by molar-refractivity contribution is -0.116. The molecule has 0 aliphatic carbocycles. The Balaban J connectivity index is 1.25. The van der Waals surface area contributed by atoms with Crippen LogP contribution in [0, 0.1) is 13.8 Å². The van der Waals surface area contributed by atoms with Crippen molar-refractivity contribution in [1.82, 2.24) is 14.8 Å². The van der Waals surface area contributed by atoms with E-state index < -0.39 is 0 Å². The summed E-state index contributed by atoms with van der Waals surface area (Å²) in [5.41, 5.74) is 2.58. The van der Waals surface area contributed by atoms with E-state index in [-0.39, 0.29) is 5.91 Å². The molecule has 5 rings (SSSR count). The van der Waals surface area contributed by atoms with Gasteiger partial charge in [-0.3, -0.25) is 4.79 Å². The van der Waals surface area contributed by atoms with E-state index in [1.54, 1.807) is 11.8 Å². The number of rotatable bonds is 8. The van der Waals surface area contributed by atoms with Gasteiger partial charge in [-0.25, -0.2) is 4.98 Å². The molecule has 1 N–H and O–H groups in total.